The van der Waals surface area contributed by atoms with Gasteiger partial charge >= 0.3 is 5.97 Å². The van der Waals surface area contributed by atoms with Crippen molar-refractivity contribution < 1.29 is 19.1 Å². The summed E-state index contributed by atoms with van der Waals surface area (Å²) < 4.78 is 4.96. The highest BCUT2D eigenvalue weighted by Gasteiger charge is 2.12. The summed E-state index contributed by atoms with van der Waals surface area (Å²) >= 11 is 1.60. The van der Waals surface area contributed by atoms with Crippen molar-refractivity contribution in [2.24, 2.45) is 0 Å². The fourth-order valence-corrected chi connectivity index (χ4v) is 3.23. The Morgan fingerprint density at radius 2 is 1.63 bits per heavy atom. The van der Waals surface area contributed by atoms with Gasteiger partial charge in [-0.05, 0) is 41.9 Å². The third kappa shape index (κ3) is 8.03. The largest absolute Gasteiger partial charge is 0.456 e. The van der Waals surface area contributed by atoms with Crippen LogP contribution >= 0.6 is 11.8 Å². The van der Waals surface area contributed by atoms with E-state index >= 15 is 0 Å². The molecule has 1 amide bonds. The molecule has 160 valence electrons. The molecule has 0 aliphatic heterocycles. The molecule has 30 heavy (non-hydrogen) atoms. The van der Waals surface area contributed by atoms with E-state index in [1.165, 1.54) is 5.56 Å². The molecule has 5 nitrogen and oxygen atoms in total. The quantitative estimate of drug-likeness (QED) is 0.327. The molecule has 0 unspecified atom stereocenters. The standard InChI is InChI=1S/C24H29NO4S/c1-17(2)19-6-4-18(5-7-19)14-15-25-23(27)16-29-24(28)13-12-22(26)20-8-10-21(30-3)11-9-20/h4-11,17H,12-16H2,1-3H3,(H,25,27). The molecule has 2 aromatic carbocycles. The lowest BCUT2D eigenvalue weighted by atomic mass is 10.0. The molecule has 0 atom stereocenters. The van der Waals surface area contributed by atoms with Crippen molar-refractivity contribution in [1.82, 2.24) is 5.32 Å². The lowest BCUT2D eigenvalue weighted by Crippen LogP contribution is -2.30. The average molecular weight is 428 g/mol. The fourth-order valence-electron chi connectivity index (χ4n) is 2.82. The van der Waals surface area contributed by atoms with Crippen molar-refractivity contribution in [3.8, 4) is 0 Å². The number of nitrogens with one attached hydrogen (secondary N) is 1. The zero-order valence-corrected chi connectivity index (χ0v) is 18.6. The molecular weight excluding hydrogens is 398 g/mol. The topological polar surface area (TPSA) is 72.5 Å². The van der Waals surface area contributed by atoms with Crippen LogP contribution in [-0.4, -0.2) is 37.1 Å². The van der Waals surface area contributed by atoms with Gasteiger partial charge in [-0.2, -0.15) is 0 Å². The summed E-state index contributed by atoms with van der Waals surface area (Å²) in [6.07, 6.45) is 2.69. The number of hydrogen-bond acceptors (Lipinski definition) is 5. The molecule has 0 spiro atoms. The molecule has 0 heterocycles. The summed E-state index contributed by atoms with van der Waals surface area (Å²) in [5.41, 5.74) is 2.99. The van der Waals surface area contributed by atoms with Gasteiger partial charge in [0.1, 0.15) is 0 Å². The van der Waals surface area contributed by atoms with Crippen LogP contribution in [-0.2, 0) is 20.7 Å². The van der Waals surface area contributed by atoms with Gasteiger partial charge in [0.2, 0.25) is 0 Å². The van der Waals surface area contributed by atoms with Crippen LogP contribution in [0.5, 0.6) is 0 Å². The number of benzene rings is 2. The number of carbonyl (C=O) groups excluding carboxylic acids is 3. The van der Waals surface area contributed by atoms with Crippen LogP contribution < -0.4 is 5.32 Å². The van der Waals surface area contributed by atoms with Crippen molar-refractivity contribution in [3.63, 3.8) is 0 Å². The highest BCUT2D eigenvalue weighted by Crippen LogP contribution is 2.16. The molecule has 0 saturated heterocycles. The first-order chi connectivity index (χ1) is 14.4. The highest BCUT2D eigenvalue weighted by molar-refractivity contribution is 7.98. The number of rotatable bonds is 11. The number of thioether (sulfide) groups is 1. The fraction of sp³-hybridized carbons (Fsp3) is 0.375. The minimum Gasteiger partial charge on any atom is -0.456 e. The van der Waals surface area contributed by atoms with Crippen molar-refractivity contribution in [1.29, 1.82) is 0 Å². The van der Waals surface area contributed by atoms with Crippen molar-refractivity contribution in [3.05, 3.63) is 65.2 Å². The number of ether oxygens (including phenoxy) is 1. The second kappa shape index (κ2) is 12.2. The van der Waals surface area contributed by atoms with Gasteiger partial charge in [0.15, 0.2) is 12.4 Å². The third-order valence-electron chi connectivity index (χ3n) is 4.71. The number of carbonyl (C=O) groups is 3. The second-order valence-corrected chi connectivity index (χ2v) is 8.19. The van der Waals surface area contributed by atoms with Gasteiger partial charge in [-0.1, -0.05) is 50.2 Å². The molecule has 6 heteroatoms. The number of ketones is 1. The summed E-state index contributed by atoms with van der Waals surface area (Å²) in [7, 11) is 0. The monoisotopic (exact) mass is 427 g/mol. The Morgan fingerprint density at radius 3 is 2.23 bits per heavy atom. The smallest absolute Gasteiger partial charge is 0.306 e. The van der Waals surface area contributed by atoms with E-state index in [9.17, 15) is 14.4 Å². The maximum atomic E-state index is 12.1. The van der Waals surface area contributed by atoms with Crippen molar-refractivity contribution in [2.45, 2.75) is 43.9 Å². The summed E-state index contributed by atoms with van der Waals surface area (Å²) in [5.74, 6) is -0.526. The van der Waals surface area contributed by atoms with Crippen LogP contribution in [0.15, 0.2) is 53.4 Å². The molecule has 0 saturated carbocycles. The Balaban J connectivity index is 1.62. The minimum absolute atomic E-state index is 0.0431. The first-order valence-corrected chi connectivity index (χ1v) is 11.3. The van der Waals surface area contributed by atoms with Crippen LogP contribution in [0.3, 0.4) is 0 Å². The van der Waals surface area contributed by atoms with E-state index in [1.807, 2.05) is 18.4 Å². The molecule has 1 N–H and O–H groups in total. The average Bonchev–Trinajstić information content (AvgIpc) is 2.76. The van der Waals surface area contributed by atoms with E-state index in [0.717, 1.165) is 10.5 Å². The lowest BCUT2D eigenvalue weighted by Gasteiger charge is -2.08. The van der Waals surface area contributed by atoms with Crippen molar-refractivity contribution in [2.75, 3.05) is 19.4 Å². The molecule has 0 radical (unpaired) electrons. The van der Waals surface area contributed by atoms with E-state index in [2.05, 4.69) is 43.4 Å². The number of esters is 1. The summed E-state index contributed by atoms with van der Waals surface area (Å²) in [5, 5.41) is 2.74. The van der Waals surface area contributed by atoms with E-state index in [1.54, 1.807) is 23.9 Å². The highest BCUT2D eigenvalue weighted by atomic mass is 32.2. The Hall–Kier alpha value is -2.60. The van der Waals surface area contributed by atoms with Gasteiger partial charge in [0, 0.05) is 23.4 Å². The van der Waals surface area contributed by atoms with E-state index < -0.39 is 5.97 Å². The van der Waals surface area contributed by atoms with E-state index in [4.69, 9.17) is 4.74 Å². The van der Waals surface area contributed by atoms with E-state index in [-0.39, 0.29) is 31.1 Å². The molecule has 0 aromatic heterocycles. The summed E-state index contributed by atoms with van der Waals surface area (Å²) in [4.78, 5) is 36.9. The van der Waals surface area contributed by atoms with Gasteiger partial charge in [0.25, 0.3) is 5.91 Å². The molecule has 0 fully saturated rings. The predicted molar refractivity (Wildman–Crippen MR) is 120 cm³/mol. The molecule has 0 aliphatic carbocycles. The minimum atomic E-state index is -0.552. The SMILES string of the molecule is CSc1ccc(C(=O)CCC(=O)OCC(=O)NCCc2ccc(C(C)C)cc2)cc1. The number of Topliss-reactive ketones (excluding diaryl/α,β-unsaturated/α-hetero) is 1. The maximum Gasteiger partial charge on any atom is 0.306 e. The molecular formula is C24H29NO4S. The first kappa shape index (κ1) is 23.7. The van der Waals surface area contributed by atoms with Gasteiger partial charge in [-0.15, -0.1) is 11.8 Å². The van der Waals surface area contributed by atoms with Crippen molar-refractivity contribution >= 4 is 29.4 Å². The van der Waals surface area contributed by atoms with Crippen LogP contribution in [0.1, 0.15) is 54.1 Å². The lowest BCUT2D eigenvalue weighted by molar-refractivity contribution is -0.148. The van der Waals surface area contributed by atoms with Gasteiger partial charge in [0.05, 0.1) is 6.42 Å². The van der Waals surface area contributed by atoms with E-state index in [0.29, 0.717) is 24.4 Å². The normalized spacial score (nSPS) is 10.7. The molecule has 2 rings (SSSR count). The zero-order chi connectivity index (χ0) is 21.9. The Morgan fingerprint density at radius 1 is 0.967 bits per heavy atom. The summed E-state index contributed by atoms with van der Waals surface area (Å²) in [6, 6.07) is 15.6. The Kier molecular flexibility index (Phi) is 9.61. The first-order valence-electron chi connectivity index (χ1n) is 10.1. The van der Waals surface area contributed by atoms with Crippen LogP contribution in [0.25, 0.3) is 0 Å². The third-order valence-corrected chi connectivity index (χ3v) is 5.46. The second-order valence-electron chi connectivity index (χ2n) is 7.31. The number of amides is 1. The van der Waals surface area contributed by atoms with Gasteiger partial charge < -0.3 is 10.1 Å². The molecule has 0 aliphatic rings. The zero-order valence-electron chi connectivity index (χ0n) is 17.8. The molecule has 0 bridgehead atoms. The number of hydrogen-bond donors (Lipinski definition) is 1. The Bertz CT molecular complexity index is 845. The van der Waals surface area contributed by atoms with Gasteiger partial charge in [-0.3, -0.25) is 14.4 Å². The van der Waals surface area contributed by atoms with Crippen LogP contribution in [0.4, 0.5) is 0 Å². The van der Waals surface area contributed by atoms with Crippen LogP contribution in [0.2, 0.25) is 0 Å². The summed E-state index contributed by atoms with van der Waals surface area (Å²) in [6.45, 7) is 4.44. The Labute approximate surface area is 182 Å². The molecule has 2 aromatic rings. The van der Waals surface area contributed by atoms with Crippen LogP contribution in [0, 0.1) is 0 Å². The predicted octanol–water partition coefficient (Wildman–Crippen LogP) is 4.40. The van der Waals surface area contributed by atoms with Gasteiger partial charge in [-0.25, -0.2) is 0 Å². The maximum absolute atomic E-state index is 12.1.